The minimum Gasteiger partial charge on any atom is -0.485 e. The zero-order valence-corrected chi connectivity index (χ0v) is 31.1. The summed E-state index contributed by atoms with van der Waals surface area (Å²) >= 11 is 0. The lowest BCUT2D eigenvalue weighted by Gasteiger charge is -2.22. The Bertz CT molecular complexity index is 2920. The van der Waals surface area contributed by atoms with E-state index in [2.05, 4.69) is 184 Å². The van der Waals surface area contributed by atoms with Crippen molar-refractivity contribution < 1.29 is 4.74 Å². The summed E-state index contributed by atoms with van der Waals surface area (Å²) in [6.07, 6.45) is 8.47. The molecule has 56 heavy (non-hydrogen) atoms. The van der Waals surface area contributed by atoms with Gasteiger partial charge in [0.2, 0.25) is 0 Å². The lowest BCUT2D eigenvalue weighted by atomic mass is 9.82. The number of rotatable bonds is 5. The summed E-state index contributed by atoms with van der Waals surface area (Å²) in [5.41, 5.74) is 13.5. The number of fused-ring (bicyclic) bond motifs is 7. The van der Waals surface area contributed by atoms with E-state index in [0.29, 0.717) is 17.5 Å². The van der Waals surface area contributed by atoms with Crippen LogP contribution < -0.4 is 4.74 Å². The summed E-state index contributed by atoms with van der Waals surface area (Å²) in [6.45, 7) is 4.62. The molecular weight excluding hydrogens is 683 g/mol. The second-order valence-corrected chi connectivity index (χ2v) is 15.6. The first-order valence-corrected chi connectivity index (χ1v) is 19.3. The van der Waals surface area contributed by atoms with Crippen molar-refractivity contribution in [1.82, 2.24) is 15.0 Å². The lowest BCUT2D eigenvalue weighted by molar-refractivity contribution is 0.269. The van der Waals surface area contributed by atoms with E-state index < -0.39 is 0 Å². The minimum absolute atomic E-state index is 0.0547. The van der Waals surface area contributed by atoms with Crippen LogP contribution in [0.15, 0.2) is 176 Å². The number of ether oxygens (including phenoxy) is 1. The van der Waals surface area contributed by atoms with Crippen molar-refractivity contribution in [2.75, 3.05) is 0 Å². The molecule has 4 nitrogen and oxygen atoms in total. The minimum atomic E-state index is -0.156. The molecule has 8 aromatic rings. The van der Waals surface area contributed by atoms with E-state index >= 15 is 0 Å². The summed E-state index contributed by atoms with van der Waals surface area (Å²) in [7, 11) is 0. The number of nitrogens with zero attached hydrogens (tertiary/aromatic N) is 3. The monoisotopic (exact) mass is 719 g/mol. The third-order valence-corrected chi connectivity index (χ3v) is 11.9. The highest BCUT2D eigenvalue weighted by Gasteiger charge is 2.37. The Morgan fingerprint density at radius 2 is 1.09 bits per heavy atom. The first-order chi connectivity index (χ1) is 27.5. The van der Waals surface area contributed by atoms with Crippen LogP contribution in [0.25, 0.3) is 78.3 Å². The van der Waals surface area contributed by atoms with Gasteiger partial charge in [-0.1, -0.05) is 159 Å². The number of hydrogen-bond acceptors (Lipinski definition) is 4. The molecule has 11 rings (SSSR count). The smallest absolute Gasteiger partial charge is 0.164 e. The molecule has 0 saturated heterocycles. The van der Waals surface area contributed by atoms with Crippen molar-refractivity contribution in [2.45, 2.75) is 31.3 Å². The van der Waals surface area contributed by atoms with E-state index in [1.807, 2.05) is 6.07 Å². The molecule has 4 heteroatoms. The molecule has 7 aromatic carbocycles. The van der Waals surface area contributed by atoms with Gasteiger partial charge in [-0.3, -0.25) is 0 Å². The highest BCUT2D eigenvalue weighted by Crippen LogP contribution is 2.50. The van der Waals surface area contributed by atoms with Gasteiger partial charge >= 0.3 is 0 Å². The van der Waals surface area contributed by atoms with Gasteiger partial charge in [0, 0.05) is 33.6 Å². The number of aromatic nitrogens is 3. The number of allylic oxidation sites excluding steroid dienone is 2. The molecule has 2 unspecified atom stereocenters. The Kier molecular flexibility index (Phi) is 7.30. The Balaban J connectivity index is 1.09. The fraction of sp³-hybridized carbons (Fsp3) is 0.0962. The molecule has 0 radical (unpaired) electrons. The Labute approximate surface area is 326 Å². The maximum Gasteiger partial charge on any atom is 0.164 e. The molecule has 2 atom stereocenters. The van der Waals surface area contributed by atoms with Gasteiger partial charge in [0.1, 0.15) is 11.9 Å². The largest absolute Gasteiger partial charge is 0.485 e. The van der Waals surface area contributed by atoms with Crippen molar-refractivity contribution in [3.8, 4) is 73.3 Å². The van der Waals surface area contributed by atoms with E-state index in [-0.39, 0.29) is 17.4 Å². The van der Waals surface area contributed by atoms with Crippen LogP contribution in [0, 0.1) is 0 Å². The Morgan fingerprint density at radius 1 is 0.446 bits per heavy atom. The van der Waals surface area contributed by atoms with Gasteiger partial charge in [-0.15, -0.1) is 0 Å². The summed E-state index contributed by atoms with van der Waals surface area (Å²) < 4.78 is 6.64. The summed E-state index contributed by atoms with van der Waals surface area (Å²) in [6, 6.07) is 54.0. The predicted molar refractivity (Wildman–Crippen MR) is 228 cm³/mol. The van der Waals surface area contributed by atoms with Crippen molar-refractivity contribution >= 4 is 10.8 Å². The molecule has 0 bridgehead atoms. The quantitative estimate of drug-likeness (QED) is 0.178. The number of hydrogen-bond donors (Lipinski definition) is 0. The van der Waals surface area contributed by atoms with Gasteiger partial charge in [0.05, 0.1) is 0 Å². The normalized spacial score (nSPS) is 16.9. The molecule has 3 aliphatic rings. The van der Waals surface area contributed by atoms with Crippen LogP contribution in [-0.2, 0) is 5.41 Å². The average Bonchev–Trinajstić information content (AvgIpc) is 3.75. The van der Waals surface area contributed by atoms with Crippen molar-refractivity contribution in [3.05, 3.63) is 193 Å². The maximum absolute atomic E-state index is 6.64. The summed E-state index contributed by atoms with van der Waals surface area (Å²) in [5.74, 6) is 2.83. The van der Waals surface area contributed by atoms with Crippen LogP contribution in [0.5, 0.6) is 5.75 Å². The molecule has 266 valence electrons. The zero-order valence-electron chi connectivity index (χ0n) is 31.1. The van der Waals surface area contributed by atoms with Crippen LogP contribution in [0.4, 0.5) is 0 Å². The molecule has 2 aliphatic carbocycles. The molecule has 0 spiro atoms. The molecule has 2 heterocycles. The first-order valence-electron chi connectivity index (χ1n) is 19.3. The Morgan fingerprint density at radius 3 is 1.95 bits per heavy atom. The van der Waals surface area contributed by atoms with Crippen LogP contribution in [0.2, 0.25) is 0 Å². The molecule has 0 saturated carbocycles. The van der Waals surface area contributed by atoms with Crippen LogP contribution in [0.3, 0.4) is 0 Å². The fourth-order valence-corrected chi connectivity index (χ4v) is 8.94. The standard InChI is InChI=1S/C52H37N3O/c1-52(2)44-18-10-8-16-40(44)41-27-26-38(30-45(41)52)50-53-49(35-23-20-34(21-24-35)37-25-22-33-14-6-7-15-36(33)28-37)54-51(55-50)43-29-39(32-12-4-3-5-13-32)31-47-48(43)42-17-9-11-19-46(42)56-47/h3-31,42,46H,1-2H3. The third-order valence-electron chi connectivity index (χ3n) is 11.9. The van der Waals surface area contributed by atoms with E-state index in [1.54, 1.807) is 0 Å². The van der Waals surface area contributed by atoms with E-state index in [1.165, 1.54) is 38.6 Å². The van der Waals surface area contributed by atoms with Gasteiger partial charge in [-0.05, 0) is 85.6 Å². The van der Waals surface area contributed by atoms with Gasteiger partial charge in [0.25, 0.3) is 0 Å². The highest BCUT2D eigenvalue weighted by molar-refractivity contribution is 5.88. The summed E-state index contributed by atoms with van der Waals surface area (Å²) in [4.78, 5) is 15.9. The molecule has 1 aromatic heterocycles. The number of benzene rings is 7. The van der Waals surface area contributed by atoms with E-state index in [9.17, 15) is 0 Å². The molecule has 0 N–H and O–H groups in total. The fourth-order valence-electron chi connectivity index (χ4n) is 8.94. The topological polar surface area (TPSA) is 47.9 Å². The van der Waals surface area contributed by atoms with Gasteiger partial charge in [0.15, 0.2) is 17.5 Å². The van der Waals surface area contributed by atoms with Crippen LogP contribution in [-0.4, -0.2) is 21.1 Å². The molecule has 1 aliphatic heterocycles. The highest BCUT2D eigenvalue weighted by atomic mass is 16.5. The zero-order chi connectivity index (χ0) is 37.4. The van der Waals surface area contributed by atoms with Gasteiger partial charge in [-0.25, -0.2) is 15.0 Å². The van der Waals surface area contributed by atoms with Crippen LogP contribution in [0.1, 0.15) is 36.5 Å². The van der Waals surface area contributed by atoms with E-state index in [0.717, 1.165) is 44.7 Å². The molecule has 0 fully saturated rings. The average molecular weight is 720 g/mol. The predicted octanol–water partition coefficient (Wildman–Crippen LogP) is 12.6. The second-order valence-electron chi connectivity index (χ2n) is 15.6. The lowest BCUT2D eigenvalue weighted by Crippen LogP contribution is -2.16. The molecule has 0 amide bonds. The van der Waals surface area contributed by atoms with Crippen molar-refractivity contribution in [1.29, 1.82) is 0 Å². The SMILES string of the molecule is CC1(C)c2ccccc2-c2ccc(-c3nc(-c4ccc(-c5ccc6ccccc6c5)cc4)nc(-c4cc(-c5ccccc5)cc5c4C4C=CC=CC4O5)n3)cc21. The summed E-state index contributed by atoms with van der Waals surface area (Å²) in [5, 5.41) is 2.46. The van der Waals surface area contributed by atoms with E-state index in [4.69, 9.17) is 19.7 Å². The molecular formula is C52H37N3O. The van der Waals surface area contributed by atoms with Crippen molar-refractivity contribution in [3.63, 3.8) is 0 Å². The van der Waals surface area contributed by atoms with Gasteiger partial charge < -0.3 is 4.74 Å². The van der Waals surface area contributed by atoms with Crippen molar-refractivity contribution in [2.24, 2.45) is 0 Å². The second kappa shape index (κ2) is 12.6. The third kappa shape index (κ3) is 5.25. The van der Waals surface area contributed by atoms with Crippen LogP contribution >= 0.6 is 0 Å². The first kappa shape index (κ1) is 32.5. The van der Waals surface area contributed by atoms with Gasteiger partial charge in [-0.2, -0.15) is 0 Å². The Hall–Kier alpha value is -6.91. The maximum atomic E-state index is 6.64.